The van der Waals surface area contributed by atoms with Gasteiger partial charge in [-0.15, -0.1) is 0 Å². The minimum atomic E-state index is -3.74. The predicted octanol–water partition coefficient (Wildman–Crippen LogP) is 4.07. The van der Waals surface area contributed by atoms with E-state index in [0.29, 0.717) is 49.5 Å². The molecule has 0 N–H and O–H groups in total. The molecule has 0 aliphatic carbocycles. The van der Waals surface area contributed by atoms with Crippen LogP contribution < -0.4 is 9.21 Å². The Hall–Kier alpha value is -3.65. The van der Waals surface area contributed by atoms with Crippen LogP contribution >= 0.6 is 0 Å². The van der Waals surface area contributed by atoms with Crippen LogP contribution in [0, 0.1) is 0 Å². The molecule has 0 atom stereocenters. The Morgan fingerprint density at radius 2 is 1.37 bits per heavy atom. The number of Topliss-reactive ketones (excluding diaryl/α,β-unsaturated/α-hetero) is 1. The predicted molar refractivity (Wildman–Crippen MR) is 138 cm³/mol. The van der Waals surface area contributed by atoms with Gasteiger partial charge in [0, 0.05) is 49.5 Å². The maximum absolute atomic E-state index is 13.2. The van der Waals surface area contributed by atoms with E-state index in [1.807, 2.05) is 30.3 Å². The first kappa shape index (κ1) is 24.5. The number of nitrogens with zero attached hydrogens (tertiary/aromatic N) is 3. The van der Waals surface area contributed by atoms with Crippen molar-refractivity contribution >= 4 is 33.1 Å². The van der Waals surface area contributed by atoms with Crippen molar-refractivity contribution in [2.75, 3.05) is 41.9 Å². The van der Waals surface area contributed by atoms with Crippen LogP contribution in [0.15, 0.2) is 83.8 Å². The highest BCUT2D eigenvalue weighted by Gasteiger charge is 2.26. The second kappa shape index (κ2) is 10.3. The number of hydrogen-bond donors (Lipinski definition) is 0. The largest absolute Gasteiger partial charge is 0.368 e. The van der Waals surface area contributed by atoms with Gasteiger partial charge in [-0.2, -0.15) is 0 Å². The first-order valence-corrected chi connectivity index (χ1v) is 13.1. The van der Waals surface area contributed by atoms with Gasteiger partial charge in [0.15, 0.2) is 5.78 Å². The minimum Gasteiger partial charge on any atom is -0.368 e. The quantitative estimate of drug-likeness (QED) is 0.466. The number of benzene rings is 3. The van der Waals surface area contributed by atoms with Gasteiger partial charge >= 0.3 is 0 Å². The molecule has 35 heavy (non-hydrogen) atoms. The van der Waals surface area contributed by atoms with Crippen LogP contribution in [0.1, 0.15) is 34.6 Å². The van der Waals surface area contributed by atoms with E-state index < -0.39 is 10.0 Å². The van der Waals surface area contributed by atoms with Gasteiger partial charge in [0.25, 0.3) is 15.9 Å². The zero-order valence-electron chi connectivity index (χ0n) is 19.9. The summed E-state index contributed by atoms with van der Waals surface area (Å²) < 4.78 is 27.7. The third-order valence-corrected chi connectivity index (χ3v) is 8.14. The number of para-hydroxylation sites is 1. The van der Waals surface area contributed by atoms with E-state index in [4.69, 9.17) is 0 Å². The van der Waals surface area contributed by atoms with Crippen molar-refractivity contribution in [1.29, 1.82) is 0 Å². The number of amides is 1. The molecule has 7 nitrogen and oxygen atoms in total. The average Bonchev–Trinajstić information content (AvgIpc) is 2.89. The molecule has 0 spiro atoms. The summed E-state index contributed by atoms with van der Waals surface area (Å²) >= 11 is 0. The van der Waals surface area contributed by atoms with Crippen molar-refractivity contribution < 1.29 is 18.0 Å². The summed E-state index contributed by atoms with van der Waals surface area (Å²) in [6.07, 6.45) is 0. The fourth-order valence-corrected chi connectivity index (χ4v) is 5.71. The third kappa shape index (κ3) is 5.22. The average molecular weight is 492 g/mol. The van der Waals surface area contributed by atoms with E-state index in [-0.39, 0.29) is 16.6 Å². The second-order valence-electron chi connectivity index (χ2n) is 8.41. The van der Waals surface area contributed by atoms with E-state index >= 15 is 0 Å². The topological polar surface area (TPSA) is 78.0 Å². The van der Waals surface area contributed by atoms with Crippen LogP contribution in [0.2, 0.25) is 0 Å². The Labute approximate surface area is 206 Å². The Bertz CT molecular complexity index is 1280. The first-order valence-electron chi connectivity index (χ1n) is 11.6. The Morgan fingerprint density at radius 1 is 0.800 bits per heavy atom. The number of piperazine rings is 1. The molecule has 0 aromatic heterocycles. The molecule has 0 saturated carbocycles. The highest BCUT2D eigenvalue weighted by Crippen LogP contribution is 2.24. The summed E-state index contributed by atoms with van der Waals surface area (Å²) in [6, 6.07) is 22.6. The Kier molecular flexibility index (Phi) is 7.21. The SMILES string of the molecule is CCN(c1ccccc1)S(=O)(=O)c1ccc(C(=O)N2CCN(c3ccc(C(C)=O)cc3)CC2)cc1. The monoisotopic (exact) mass is 491 g/mol. The molecule has 4 rings (SSSR count). The van der Waals surface area contributed by atoms with Gasteiger partial charge in [-0.3, -0.25) is 13.9 Å². The van der Waals surface area contributed by atoms with Gasteiger partial charge in [-0.25, -0.2) is 8.42 Å². The van der Waals surface area contributed by atoms with E-state index in [1.54, 1.807) is 55.1 Å². The molecule has 8 heteroatoms. The van der Waals surface area contributed by atoms with Crippen LogP contribution in [0.5, 0.6) is 0 Å². The molecule has 1 heterocycles. The number of anilines is 2. The molecule has 1 saturated heterocycles. The maximum atomic E-state index is 13.2. The lowest BCUT2D eigenvalue weighted by Gasteiger charge is -2.36. The molecule has 1 amide bonds. The molecule has 1 fully saturated rings. The molecule has 3 aromatic carbocycles. The smallest absolute Gasteiger partial charge is 0.264 e. The van der Waals surface area contributed by atoms with Crippen molar-refractivity contribution in [1.82, 2.24) is 4.90 Å². The first-order chi connectivity index (χ1) is 16.8. The van der Waals surface area contributed by atoms with Gasteiger partial charge in [0.2, 0.25) is 0 Å². The molecule has 0 unspecified atom stereocenters. The number of carbonyl (C=O) groups excluding carboxylic acids is 2. The van der Waals surface area contributed by atoms with E-state index in [1.165, 1.54) is 16.4 Å². The molecule has 1 aliphatic rings. The molecule has 1 aliphatic heterocycles. The summed E-state index contributed by atoms with van der Waals surface area (Å²) in [5.41, 5.74) is 2.77. The summed E-state index contributed by atoms with van der Waals surface area (Å²) in [5.74, 6) is -0.0795. The number of sulfonamides is 1. The number of ketones is 1. The minimum absolute atomic E-state index is 0.0354. The summed E-state index contributed by atoms with van der Waals surface area (Å²) in [4.78, 5) is 28.6. The zero-order valence-corrected chi connectivity index (χ0v) is 20.7. The van der Waals surface area contributed by atoms with E-state index in [0.717, 1.165) is 5.69 Å². The molecule has 0 radical (unpaired) electrons. The molecule has 182 valence electrons. The van der Waals surface area contributed by atoms with Gasteiger partial charge in [-0.05, 0) is 74.5 Å². The normalized spacial score (nSPS) is 14.0. The number of rotatable bonds is 7. The van der Waals surface area contributed by atoms with Crippen molar-refractivity contribution in [2.45, 2.75) is 18.7 Å². The standard InChI is InChI=1S/C27H29N3O4S/c1-3-30(25-7-5-4-6-8-25)35(33,34)26-15-11-23(12-16-26)27(32)29-19-17-28(18-20-29)24-13-9-22(10-14-24)21(2)31/h4-16H,3,17-20H2,1-2H3. The van der Waals surface area contributed by atoms with Crippen LogP contribution in [0.25, 0.3) is 0 Å². The van der Waals surface area contributed by atoms with E-state index in [2.05, 4.69) is 4.90 Å². The molecular formula is C27H29N3O4S. The lowest BCUT2D eigenvalue weighted by Crippen LogP contribution is -2.48. The third-order valence-electron chi connectivity index (χ3n) is 6.23. The fraction of sp³-hybridized carbons (Fsp3) is 0.259. The lowest BCUT2D eigenvalue weighted by atomic mass is 10.1. The lowest BCUT2D eigenvalue weighted by molar-refractivity contribution is 0.0746. The maximum Gasteiger partial charge on any atom is 0.264 e. The van der Waals surface area contributed by atoms with Gasteiger partial charge in [0.1, 0.15) is 0 Å². The van der Waals surface area contributed by atoms with Crippen molar-refractivity contribution in [2.24, 2.45) is 0 Å². The zero-order chi connectivity index (χ0) is 25.0. The fourth-order valence-electron chi connectivity index (χ4n) is 4.24. The van der Waals surface area contributed by atoms with Gasteiger partial charge in [-0.1, -0.05) is 18.2 Å². The summed E-state index contributed by atoms with van der Waals surface area (Å²) in [7, 11) is -3.74. The Morgan fingerprint density at radius 3 is 1.91 bits per heavy atom. The Balaban J connectivity index is 1.41. The van der Waals surface area contributed by atoms with Crippen molar-refractivity contribution in [3.63, 3.8) is 0 Å². The molecular weight excluding hydrogens is 462 g/mol. The molecule has 0 bridgehead atoms. The summed E-state index contributed by atoms with van der Waals surface area (Å²) in [6.45, 7) is 6.12. The van der Waals surface area contributed by atoms with Crippen molar-refractivity contribution in [3.05, 3.63) is 90.0 Å². The van der Waals surface area contributed by atoms with Crippen LogP contribution in [-0.4, -0.2) is 57.7 Å². The number of carbonyl (C=O) groups is 2. The van der Waals surface area contributed by atoms with Crippen molar-refractivity contribution in [3.8, 4) is 0 Å². The second-order valence-corrected chi connectivity index (χ2v) is 10.3. The van der Waals surface area contributed by atoms with Gasteiger partial charge in [0.05, 0.1) is 10.6 Å². The van der Waals surface area contributed by atoms with Crippen LogP contribution in [-0.2, 0) is 10.0 Å². The highest BCUT2D eigenvalue weighted by molar-refractivity contribution is 7.92. The van der Waals surface area contributed by atoms with Crippen LogP contribution in [0.3, 0.4) is 0 Å². The highest BCUT2D eigenvalue weighted by atomic mass is 32.2. The van der Waals surface area contributed by atoms with Gasteiger partial charge < -0.3 is 9.80 Å². The van der Waals surface area contributed by atoms with E-state index in [9.17, 15) is 18.0 Å². The number of hydrogen-bond acceptors (Lipinski definition) is 5. The molecule has 3 aromatic rings. The summed E-state index contributed by atoms with van der Waals surface area (Å²) in [5, 5.41) is 0. The van der Waals surface area contributed by atoms with Crippen LogP contribution in [0.4, 0.5) is 11.4 Å².